The average Bonchev–Trinajstić information content (AvgIpc) is 2.76. The summed E-state index contributed by atoms with van der Waals surface area (Å²) in [7, 11) is 0. The maximum Gasteiger partial charge on any atom is 0.255 e. The summed E-state index contributed by atoms with van der Waals surface area (Å²) in [6.45, 7) is 8.34. The van der Waals surface area contributed by atoms with Gasteiger partial charge in [-0.1, -0.05) is 24.3 Å². The van der Waals surface area contributed by atoms with Crippen molar-refractivity contribution < 1.29 is 9.53 Å². The monoisotopic (exact) mass is 393 g/mol. The second-order valence-corrected chi connectivity index (χ2v) is 8.28. The van der Waals surface area contributed by atoms with Gasteiger partial charge in [0, 0.05) is 44.6 Å². The fourth-order valence-electron chi connectivity index (χ4n) is 4.35. The van der Waals surface area contributed by atoms with Gasteiger partial charge in [-0.15, -0.1) is 0 Å². The minimum absolute atomic E-state index is 0.126. The van der Waals surface area contributed by atoms with Gasteiger partial charge in [-0.2, -0.15) is 0 Å². The maximum atomic E-state index is 12.8. The average molecular weight is 394 g/mol. The first kappa shape index (κ1) is 20.0. The van der Waals surface area contributed by atoms with Gasteiger partial charge in [0.2, 0.25) is 0 Å². The first-order chi connectivity index (χ1) is 14.2. The third kappa shape index (κ3) is 5.22. The number of ether oxygens (including phenoxy) is 1. The fourth-order valence-corrected chi connectivity index (χ4v) is 4.35. The zero-order valence-corrected chi connectivity index (χ0v) is 17.3. The second-order valence-electron chi connectivity index (χ2n) is 8.28. The SMILES string of the molecule is Cc1ncccc1C(=O)N1CCC(Cc2ccc(CN3CCOCC3)cc2)CC1. The van der Waals surface area contributed by atoms with Crippen molar-refractivity contribution in [3.63, 3.8) is 0 Å². The van der Waals surface area contributed by atoms with Crippen LogP contribution in [0.2, 0.25) is 0 Å². The molecule has 0 N–H and O–H groups in total. The number of amides is 1. The number of hydrogen-bond acceptors (Lipinski definition) is 4. The highest BCUT2D eigenvalue weighted by atomic mass is 16.5. The van der Waals surface area contributed by atoms with Gasteiger partial charge in [-0.3, -0.25) is 14.7 Å². The van der Waals surface area contributed by atoms with Crippen molar-refractivity contribution in [2.75, 3.05) is 39.4 Å². The molecule has 4 rings (SSSR count). The molecule has 5 nitrogen and oxygen atoms in total. The van der Waals surface area contributed by atoms with Crippen LogP contribution in [0, 0.1) is 12.8 Å². The molecule has 3 heterocycles. The van der Waals surface area contributed by atoms with Crippen molar-refractivity contribution in [2.24, 2.45) is 5.92 Å². The molecule has 5 heteroatoms. The van der Waals surface area contributed by atoms with E-state index in [1.54, 1.807) is 6.20 Å². The normalized spacial score (nSPS) is 18.7. The first-order valence-electron chi connectivity index (χ1n) is 10.8. The molecule has 0 bridgehead atoms. The van der Waals surface area contributed by atoms with E-state index in [0.29, 0.717) is 5.92 Å². The molecule has 29 heavy (non-hydrogen) atoms. The van der Waals surface area contributed by atoms with E-state index < -0.39 is 0 Å². The molecule has 1 amide bonds. The number of aryl methyl sites for hydroxylation is 1. The van der Waals surface area contributed by atoms with Crippen molar-refractivity contribution in [3.8, 4) is 0 Å². The van der Waals surface area contributed by atoms with E-state index in [1.165, 1.54) is 11.1 Å². The van der Waals surface area contributed by atoms with Gasteiger partial charge in [0.15, 0.2) is 0 Å². The van der Waals surface area contributed by atoms with Crippen molar-refractivity contribution in [1.82, 2.24) is 14.8 Å². The summed E-state index contributed by atoms with van der Waals surface area (Å²) in [6.07, 6.45) is 4.98. The molecule has 154 valence electrons. The lowest BCUT2D eigenvalue weighted by Crippen LogP contribution is -2.39. The molecule has 2 saturated heterocycles. The Morgan fingerprint density at radius 2 is 1.72 bits per heavy atom. The molecule has 1 aromatic carbocycles. The standard InChI is InChI=1S/C24H31N3O2/c1-19-23(3-2-10-25-19)24(28)27-11-8-21(9-12-27)17-20-4-6-22(7-5-20)18-26-13-15-29-16-14-26/h2-7,10,21H,8-9,11-18H2,1H3. The Balaban J connectivity index is 1.26. The maximum absolute atomic E-state index is 12.8. The highest BCUT2D eigenvalue weighted by molar-refractivity contribution is 5.95. The molecule has 2 aliphatic heterocycles. The lowest BCUT2D eigenvalue weighted by molar-refractivity contribution is 0.0342. The van der Waals surface area contributed by atoms with Gasteiger partial charge in [0.05, 0.1) is 18.8 Å². The van der Waals surface area contributed by atoms with E-state index in [4.69, 9.17) is 4.74 Å². The lowest BCUT2D eigenvalue weighted by atomic mass is 9.89. The highest BCUT2D eigenvalue weighted by Gasteiger charge is 2.24. The topological polar surface area (TPSA) is 45.7 Å². The molecule has 1 aromatic heterocycles. The number of carbonyl (C=O) groups excluding carboxylic acids is 1. The van der Waals surface area contributed by atoms with Crippen LogP contribution in [0.1, 0.15) is 40.0 Å². The predicted octanol–water partition coefficient (Wildman–Crippen LogP) is 3.32. The van der Waals surface area contributed by atoms with Gasteiger partial charge in [0.1, 0.15) is 0 Å². The molecule has 0 radical (unpaired) electrons. The van der Waals surface area contributed by atoms with Crippen molar-refractivity contribution >= 4 is 5.91 Å². The van der Waals surface area contributed by atoms with Gasteiger partial charge in [-0.25, -0.2) is 0 Å². The van der Waals surface area contributed by atoms with Crippen LogP contribution < -0.4 is 0 Å². The van der Waals surface area contributed by atoms with Gasteiger partial charge in [-0.05, 0) is 55.4 Å². The third-order valence-electron chi connectivity index (χ3n) is 6.20. The number of morpholine rings is 1. The largest absolute Gasteiger partial charge is 0.379 e. The van der Waals surface area contributed by atoms with E-state index >= 15 is 0 Å². The van der Waals surface area contributed by atoms with E-state index in [9.17, 15) is 4.79 Å². The van der Waals surface area contributed by atoms with Crippen LogP contribution in [0.5, 0.6) is 0 Å². The first-order valence-corrected chi connectivity index (χ1v) is 10.8. The van der Waals surface area contributed by atoms with Gasteiger partial charge >= 0.3 is 0 Å². The summed E-state index contributed by atoms with van der Waals surface area (Å²) >= 11 is 0. The molecule has 0 unspecified atom stereocenters. The van der Waals surface area contributed by atoms with Crippen LogP contribution in [-0.4, -0.2) is 60.1 Å². The molecule has 0 aliphatic carbocycles. The number of hydrogen-bond donors (Lipinski definition) is 0. The summed E-state index contributed by atoms with van der Waals surface area (Å²) in [5.74, 6) is 0.778. The Bertz CT molecular complexity index is 807. The van der Waals surface area contributed by atoms with Crippen molar-refractivity contribution in [1.29, 1.82) is 0 Å². The summed E-state index contributed by atoms with van der Waals surface area (Å²) in [5.41, 5.74) is 4.34. The molecular weight excluding hydrogens is 362 g/mol. The van der Waals surface area contributed by atoms with E-state index in [-0.39, 0.29) is 5.91 Å². The number of likely N-dealkylation sites (tertiary alicyclic amines) is 1. The number of carbonyl (C=O) groups is 1. The minimum Gasteiger partial charge on any atom is -0.379 e. The lowest BCUT2D eigenvalue weighted by Gasteiger charge is -2.32. The Labute approximate surface area is 173 Å². The van der Waals surface area contributed by atoms with Crippen LogP contribution in [0.15, 0.2) is 42.6 Å². The Kier molecular flexibility index (Phi) is 6.57. The fraction of sp³-hybridized carbons (Fsp3) is 0.500. The smallest absolute Gasteiger partial charge is 0.255 e. The number of rotatable bonds is 5. The Morgan fingerprint density at radius 3 is 2.41 bits per heavy atom. The number of nitrogens with zero attached hydrogens (tertiary/aromatic N) is 3. The minimum atomic E-state index is 0.126. The van der Waals surface area contributed by atoms with Crippen molar-refractivity contribution in [3.05, 3.63) is 65.0 Å². The molecule has 2 aromatic rings. The molecule has 2 fully saturated rings. The third-order valence-corrected chi connectivity index (χ3v) is 6.20. The number of piperidine rings is 1. The number of aromatic nitrogens is 1. The molecule has 0 atom stereocenters. The van der Waals surface area contributed by atoms with Crippen LogP contribution in [0.4, 0.5) is 0 Å². The van der Waals surface area contributed by atoms with E-state index in [1.807, 2.05) is 24.0 Å². The Hall–Kier alpha value is -2.24. The Morgan fingerprint density at radius 1 is 1.03 bits per heavy atom. The van der Waals surface area contributed by atoms with Gasteiger partial charge < -0.3 is 9.64 Å². The van der Waals surface area contributed by atoms with Gasteiger partial charge in [0.25, 0.3) is 5.91 Å². The van der Waals surface area contributed by atoms with Crippen LogP contribution in [-0.2, 0) is 17.7 Å². The summed E-state index contributed by atoms with van der Waals surface area (Å²) < 4.78 is 5.42. The molecule has 0 saturated carbocycles. The zero-order valence-electron chi connectivity index (χ0n) is 17.3. The summed E-state index contributed by atoms with van der Waals surface area (Å²) in [6, 6.07) is 12.8. The number of benzene rings is 1. The molecular formula is C24H31N3O2. The second kappa shape index (κ2) is 9.51. The van der Waals surface area contributed by atoms with Crippen molar-refractivity contribution in [2.45, 2.75) is 32.7 Å². The van der Waals surface area contributed by atoms with E-state index in [0.717, 1.165) is 76.5 Å². The highest BCUT2D eigenvalue weighted by Crippen LogP contribution is 2.23. The van der Waals surface area contributed by atoms with Crippen LogP contribution >= 0.6 is 0 Å². The molecule has 2 aliphatic rings. The quantitative estimate of drug-likeness (QED) is 0.782. The summed E-state index contributed by atoms with van der Waals surface area (Å²) in [4.78, 5) is 21.5. The zero-order chi connectivity index (χ0) is 20.1. The predicted molar refractivity (Wildman–Crippen MR) is 114 cm³/mol. The van der Waals surface area contributed by atoms with E-state index in [2.05, 4.69) is 34.1 Å². The van der Waals surface area contributed by atoms with Crippen LogP contribution in [0.25, 0.3) is 0 Å². The molecule has 0 spiro atoms. The number of pyridine rings is 1. The summed E-state index contributed by atoms with van der Waals surface area (Å²) in [5, 5.41) is 0. The van der Waals surface area contributed by atoms with Crippen LogP contribution in [0.3, 0.4) is 0 Å².